The smallest absolute Gasteiger partial charge is 0.260 e. The van der Waals surface area contributed by atoms with Gasteiger partial charge in [-0.1, -0.05) is 24.3 Å². The van der Waals surface area contributed by atoms with Gasteiger partial charge in [0, 0.05) is 32.4 Å². The van der Waals surface area contributed by atoms with E-state index in [2.05, 4.69) is 10.3 Å². The zero-order chi connectivity index (χ0) is 19.4. The van der Waals surface area contributed by atoms with Crippen LogP contribution in [0.3, 0.4) is 0 Å². The summed E-state index contributed by atoms with van der Waals surface area (Å²) in [7, 11) is 1.61. The summed E-state index contributed by atoms with van der Waals surface area (Å²) in [6.07, 6.45) is 3.79. The van der Waals surface area contributed by atoms with Crippen molar-refractivity contribution in [3.05, 3.63) is 69.1 Å². The average Bonchev–Trinajstić information content (AvgIpc) is 3.46. The molecule has 7 nitrogen and oxygen atoms in total. The minimum atomic E-state index is -0.524. The van der Waals surface area contributed by atoms with Crippen LogP contribution in [-0.4, -0.2) is 46.5 Å². The number of hydrogen-bond donors (Lipinski definition) is 3. The van der Waals surface area contributed by atoms with Crippen LogP contribution in [0.4, 0.5) is 0 Å². The van der Waals surface area contributed by atoms with E-state index in [4.69, 9.17) is 5.11 Å². The number of pyridine rings is 1. The number of nitrogens with zero attached hydrogens (tertiary/aromatic N) is 1. The molecule has 1 fully saturated rings. The lowest BCUT2D eigenvalue weighted by Gasteiger charge is -2.18. The summed E-state index contributed by atoms with van der Waals surface area (Å²) in [6, 6.07) is 9.12. The van der Waals surface area contributed by atoms with Crippen LogP contribution in [0, 0.1) is 0 Å². The predicted octanol–water partition coefficient (Wildman–Crippen LogP) is 1.07. The molecule has 1 heterocycles. The summed E-state index contributed by atoms with van der Waals surface area (Å²) >= 11 is 0. The highest BCUT2D eigenvalue weighted by Crippen LogP contribution is 2.19. The highest BCUT2D eigenvalue weighted by Gasteiger charge is 2.25. The van der Waals surface area contributed by atoms with E-state index in [1.54, 1.807) is 7.05 Å². The number of carbonyl (C=O) groups is 2. The number of aromatic nitrogens is 1. The standard InChI is InChI=1S/C20H23N3O4/c1-23(12-14-4-2-3-13(9-14)7-8-24)20(27)17-10-15(11-21-19(17)26)18(25)22-16-5-6-16/h2-4,9-11,16,24H,5-8,12H2,1H3,(H,21,26)(H,22,25). The second-order valence-electron chi connectivity index (χ2n) is 6.83. The molecule has 0 unspecified atom stereocenters. The van der Waals surface area contributed by atoms with Gasteiger partial charge in [0.1, 0.15) is 5.56 Å². The first-order chi connectivity index (χ1) is 13.0. The van der Waals surface area contributed by atoms with Gasteiger partial charge in [0.2, 0.25) is 0 Å². The second kappa shape index (κ2) is 8.18. The molecular weight excluding hydrogens is 346 g/mol. The van der Waals surface area contributed by atoms with Gasteiger partial charge in [-0.25, -0.2) is 0 Å². The molecule has 0 radical (unpaired) electrons. The molecule has 2 aromatic rings. The molecule has 1 aliphatic carbocycles. The maximum Gasteiger partial charge on any atom is 0.260 e. The number of aliphatic hydroxyl groups is 1. The molecule has 0 saturated heterocycles. The third-order valence-electron chi connectivity index (χ3n) is 4.47. The molecule has 142 valence electrons. The lowest BCUT2D eigenvalue weighted by Crippen LogP contribution is -2.33. The molecule has 3 N–H and O–H groups in total. The van der Waals surface area contributed by atoms with Crippen molar-refractivity contribution in [2.75, 3.05) is 13.7 Å². The number of H-pyrrole nitrogens is 1. The quantitative estimate of drug-likeness (QED) is 0.679. The fraction of sp³-hybridized carbons (Fsp3) is 0.350. The SMILES string of the molecule is CN(Cc1cccc(CCO)c1)C(=O)c1cc(C(=O)NC2CC2)c[nH]c1=O. The third-order valence-corrected chi connectivity index (χ3v) is 4.47. The number of amides is 2. The minimum Gasteiger partial charge on any atom is -0.396 e. The normalized spacial score (nSPS) is 13.3. The first-order valence-corrected chi connectivity index (χ1v) is 8.95. The molecule has 2 amide bonds. The first-order valence-electron chi connectivity index (χ1n) is 8.95. The molecule has 27 heavy (non-hydrogen) atoms. The Bertz CT molecular complexity index is 902. The van der Waals surface area contributed by atoms with E-state index in [1.807, 2.05) is 24.3 Å². The molecular formula is C20H23N3O4. The largest absolute Gasteiger partial charge is 0.396 e. The van der Waals surface area contributed by atoms with Gasteiger partial charge in [0.15, 0.2) is 0 Å². The molecule has 0 spiro atoms. The van der Waals surface area contributed by atoms with Gasteiger partial charge in [-0.15, -0.1) is 0 Å². The Morgan fingerprint density at radius 1 is 1.26 bits per heavy atom. The minimum absolute atomic E-state index is 0.0588. The maximum absolute atomic E-state index is 12.7. The van der Waals surface area contributed by atoms with E-state index in [0.29, 0.717) is 13.0 Å². The Hall–Kier alpha value is -2.93. The van der Waals surface area contributed by atoms with Gasteiger partial charge in [0.25, 0.3) is 17.4 Å². The summed E-state index contributed by atoms with van der Waals surface area (Å²) in [4.78, 5) is 40.9. The average molecular weight is 369 g/mol. The van der Waals surface area contributed by atoms with E-state index in [9.17, 15) is 14.4 Å². The number of nitrogens with one attached hydrogen (secondary N) is 2. The molecule has 7 heteroatoms. The van der Waals surface area contributed by atoms with E-state index in [1.165, 1.54) is 17.2 Å². The van der Waals surface area contributed by atoms with Crippen molar-refractivity contribution in [1.82, 2.24) is 15.2 Å². The summed E-state index contributed by atoms with van der Waals surface area (Å²) in [5.74, 6) is -0.743. The van der Waals surface area contributed by atoms with E-state index in [0.717, 1.165) is 24.0 Å². The molecule has 0 atom stereocenters. The van der Waals surface area contributed by atoms with Crippen LogP contribution >= 0.6 is 0 Å². The van der Waals surface area contributed by atoms with E-state index >= 15 is 0 Å². The van der Waals surface area contributed by atoms with Gasteiger partial charge >= 0.3 is 0 Å². The van der Waals surface area contributed by atoms with Crippen molar-refractivity contribution < 1.29 is 14.7 Å². The van der Waals surface area contributed by atoms with E-state index < -0.39 is 11.5 Å². The zero-order valence-corrected chi connectivity index (χ0v) is 15.2. The van der Waals surface area contributed by atoms with Gasteiger partial charge in [-0.3, -0.25) is 14.4 Å². The van der Waals surface area contributed by atoms with Crippen LogP contribution in [0.25, 0.3) is 0 Å². The van der Waals surface area contributed by atoms with Crippen molar-refractivity contribution in [1.29, 1.82) is 0 Å². The van der Waals surface area contributed by atoms with Crippen molar-refractivity contribution >= 4 is 11.8 Å². The Balaban J connectivity index is 1.74. The van der Waals surface area contributed by atoms with Crippen LogP contribution in [0.1, 0.15) is 44.7 Å². The van der Waals surface area contributed by atoms with Gasteiger partial charge < -0.3 is 20.3 Å². The van der Waals surface area contributed by atoms with Crippen LogP contribution in [0.2, 0.25) is 0 Å². The van der Waals surface area contributed by atoms with Crippen molar-refractivity contribution in [3.63, 3.8) is 0 Å². The lowest BCUT2D eigenvalue weighted by atomic mass is 10.1. The number of hydrogen-bond acceptors (Lipinski definition) is 4. The molecule has 1 saturated carbocycles. The van der Waals surface area contributed by atoms with Crippen LogP contribution < -0.4 is 10.9 Å². The number of carbonyl (C=O) groups excluding carboxylic acids is 2. The fourth-order valence-electron chi connectivity index (χ4n) is 2.83. The number of aromatic amines is 1. The van der Waals surface area contributed by atoms with Gasteiger partial charge in [-0.05, 0) is 36.5 Å². The Labute approximate surface area is 157 Å². The fourth-order valence-corrected chi connectivity index (χ4v) is 2.83. The molecule has 1 aliphatic rings. The Morgan fingerprint density at radius 3 is 2.70 bits per heavy atom. The van der Waals surface area contributed by atoms with Crippen LogP contribution in [0.15, 0.2) is 41.3 Å². The summed E-state index contributed by atoms with van der Waals surface area (Å²) in [6.45, 7) is 0.374. The predicted molar refractivity (Wildman–Crippen MR) is 101 cm³/mol. The monoisotopic (exact) mass is 369 g/mol. The molecule has 0 bridgehead atoms. The van der Waals surface area contributed by atoms with Crippen LogP contribution in [0.5, 0.6) is 0 Å². The van der Waals surface area contributed by atoms with Crippen LogP contribution in [-0.2, 0) is 13.0 Å². The molecule has 0 aliphatic heterocycles. The Kier molecular flexibility index (Phi) is 5.71. The maximum atomic E-state index is 12.7. The summed E-state index contributed by atoms with van der Waals surface area (Å²) in [5.41, 5.74) is 1.56. The summed E-state index contributed by atoms with van der Waals surface area (Å²) in [5, 5.41) is 11.9. The van der Waals surface area contributed by atoms with Crippen molar-refractivity contribution in [3.8, 4) is 0 Å². The molecule has 1 aromatic carbocycles. The third kappa shape index (κ3) is 4.83. The number of rotatable bonds is 7. The van der Waals surface area contributed by atoms with Gasteiger partial charge in [0.05, 0.1) is 5.56 Å². The topological polar surface area (TPSA) is 102 Å². The number of aliphatic hydroxyl groups excluding tert-OH is 1. The highest BCUT2D eigenvalue weighted by molar-refractivity contribution is 5.99. The van der Waals surface area contributed by atoms with Crippen molar-refractivity contribution in [2.24, 2.45) is 0 Å². The second-order valence-corrected chi connectivity index (χ2v) is 6.83. The Morgan fingerprint density at radius 2 is 2.00 bits per heavy atom. The highest BCUT2D eigenvalue weighted by atomic mass is 16.3. The van der Waals surface area contributed by atoms with E-state index in [-0.39, 0.29) is 29.7 Å². The lowest BCUT2D eigenvalue weighted by molar-refractivity contribution is 0.0783. The summed E-state index contributed by atoms with van der Waals surface area (Å²) < 4.78 is 0. The first kappa shape index (κ1) is 18.8. The molecule has 1 aromatic heterocycles. The number of benzene rings is 1. The van der Waals surface area contributed by atoms with Gasteiger partial charge in [-0.2, -0.15) is 0 Å². The zero-order valence-electron chi connectivity index (χ0n) is 15.2. The van der Waals surface area contributed by atoms with Crippen molar-refractivity contribution in [2.45, 2.75) is 31.8 Å². The molecule has 3 rings (SSSR count).